The van der Waals surface area contributed by atoms with Crippen LogP contribution in [0.15, 0.2) is 48.5 Å². The van der Waals surface area contributed by atoms with Crippen molar-refractivity contribution in [2.24, 2.45) is 5.41 Å². The maximum atomic E-state index is 12.7. The number of amides is 3. The smallest absolute Gasteiger partial charge is 0.244 e. The Morgan fingerprint density at radius 1 is 1.00 bits per heavy atom. The summed E-state index contributed by atoms with van der Waals surface area (Å²) in [5.74, 6) is 0.582. The molecule has 6 heteroatoms. The van der Waals surface area contributed by atoms with Crippen molar-refractivity contribution in [2.75, 3.05) is 11.9 Å². The fourth-order valence-electron chi connectivity index (χ4n) is 4.16. The standard InChI is InChI=1S/C23H24N2O4/c1-16-4-8-18(9-5-16)29-19-10-6-17(7-11-19)24-20(26)15-25-21(27)14-23(22(25)28)12-2-3-13-23/h4-11H,2-3,12-15H2,1H3,(H,24,26). The van der Waals surface area contributed by atoms with Crippen molar-refractivity contribution in [1.29, 1.82) is 0 Å². The Balaban J connectivity index is 1.34. The van der Waals surface area contributed by atoms with Gasteiger partial charge < -0.3 is 10.1 Å². The van der Waals surface area contributed by atoms with E-state index in [4.69, 9.17) is 4.74 Å². The maximum Gasteiger partial charge on any atom is 0.244 e. The molecule has 0 atom stereocenters. The first-order valence-electron chi connectivity index (χ1n) is 9.94. The van der Waals surface area contributed by atoms with E-state index in [-0.39, 0.29) is 30.7 Å². The van der Waals surface area contributed by atoms with Gasteiger partial charge in [-0.1, -0.05) is 30.5 Å². The summed E-state index contributed by atoms with van der Waals surface area (Å²) in [6.07, 6.45) is 3.67. The fraction of sp³-hybridized carbons (Fsp3) is 0.348. The average Bonchev–Trinajstić information content (AvgIpc) is 3.26. The van der Waals surface area contributed by atoms with Crippen molar-refractivity contribution in [3.8, 4) is 11.5 Å². The van der Waals surface area contributed by atoms with Gasteiger partial charge in [-0.15, -0.1) is 0 Å². The van der Waals surface area contributed by atoms with Gasteiger partial charge in [-0.3, -0.25) is 19.3 Å². The predicted molar refractivity (Wildman–Crippen MR) is 109 cm³/mol. The minimum atomic E-state index is -0.549. The van der Waals surface area contributed by atoms with E-state index in [1.165, 1.54) is 0 Å². The first-order valence-corrected chi connectivity index (χ1v) is 9.94. The van der Waals surface area contributed by atoms with Crippen LogP contribution in [0.25, 0.3) is 0 Å². The zero-order valence-corrected chi connectivity index (χ0v) is 16.4. The molecule has 1 aliphatic carbocycles. The molecule has 2 aromatic rings. The molecule has 3 amide bonds. The summed E-state index contributed by atoms with van der Waals surface area (Å²) in [7, 11) is 0. The topological polar surface area (TPSA) is 75.7 Å². The van der Waals surface area contributed by atoms with Crippen LogP contribution in [-0.4, -0.2) is 29.2 Å². The van der Waals surface area contributed by atoms with Crippen LogP contribution in [0.4, 0.5) is 5.69 Å². The molecule has 4 rings (SSSR count). The number of nitrogens with one attached hydrogen (secondary N) is 1. The SMILES string of the molecule is Cc1ccc(Oc2ccc(NC(=O)CN3C(=O)CC4(CCCC4)C3=O)cc2)cc1. The van der Waals surface area contributed by atoms with Crippen molar-refractivity contribution in [2.45, 2.75) is 39.0 Å². The minimum Gasteiger partial charge on any atom is -0.457 e. The van der Waals surface area contributed by atoms with E-state index >= 15 is 0 Å². The Bertz CT molecular complexity index is 928. The lowest BCUT2D eigenvalue weighted by molar-refractivity contribution is -0.143. The summed E-state index contributed by atoms with van der Waals surface area (Å²) in [5.41, 5.74) is 1.19. The second-order valence-corrected chi connectivity index (χ2v) is 7.94. The number of carbonyl (C=O) groups is 3. The molecule has 6 nitrogen and oxygen atoms in total. The third-order valence-electron chi connectivity index (χ3n) is 5.75. The molecule has 150 valence electrons. The van der Waals surface area contributed by atoms with E-state index in [0.29, 0.717) is 11.4 Å². The highest BCUT2D eigenvalue weighted by atomic mass is 16.5. The number of likely N-dealkylation sites (tertiary alicyclic amines) is 1. The van der Waals surface area contributed by atoms with Crippen LogP contribution in [0, 0.1) is 12.3 Å². The third-order valence-corrected chi connectivity index (χ3v) is 5.75. The molecule has 0 aromatic heterocycles. The molecule has 1 N–H and O–H groups in total. The molecule has 1 spiro atoms. The summed E-state index contributed by atoms with van der Waals surface area (Å²) < 4.78 is 5.77. The van der Waals surface area contributed by atoms with Gasteiger partial charge in [0.05, 0.1) is 5.41 Å². The van der Waals surface area contributed by atoms with Gasteiger partial charge in [0.2, 0.25) is 17.7 Å². The molecule has 0 radical (unpaired) electrons. The van der Waals surface area contributed by atoms with Crippen LogP contribution < -0.4 is 10.1 Å². The van der Waals surface area contributed by atoms with Crippen LogP contribution in [0.3, 0.4) is 0 Å². The summed E-state index contributed by atoms with van der Waals surface area (Å²) in [6, 6.07) is 14.7. The maximum absolute atomic E-state index is 12.7. The second kappa shape index (κ2) is 7.70. The Morgan fingerprint density at radius 2 is 1.59 bits per heavy atom. The number of benzene rings is 2. The molecule has 1 saturated carbocycles. The monoisotopic (exact) mass is 392 g/mol. The van der Waals surface area contributed by atoms with Crippen molar-refractivity contribution >= 4 is 23.4 Å². The van der Waals surface area contributed by atoms with Crippen molar-refractivity contribution < 1.29 is 19.1 Å². The first-order chi connectivity index (χ1) is 13.9. The number of rotatable bonds is 5. The van der Waals surface area contributed by atoms with Crippen molar-refractivity contribution in [1.82, 2.24) is 4.90 Å². The molecular formula is C23H24N2O4. The predicted octanol–water partition coefficient (Wildman–Crippen LogP) is 4.05. The zero-order chi connectivity index (χ0) is 20.4. The van der Waals surface area contributed by atoms with Gasteiger partial charge in [-0.25, -0.2) is 0 Å². The summed E-state index contributed by atoms with van der Waals surface area (Å²) >= 11 is 0. The Labute approximate surface area is 169 Å². The average molecular weight is 392 g/mol. The lowest BCUT2D eigenvalue weighted by Crippen LogP contribution is -2.39. The summed E-state index contributed by atoms with van der Waals surface area (Å²) in [4.78, 5) is 38.5. The van der Waals surface area contributed by atoms with E-state index in [2.05, 4.69) is 5.32 Å². The number of hydrogen-bond acceptors (Lipinski definition) is 4. The highest BCUT2D eigenvalue weighted by Crippen LogP contribution is 2.46. The Morgan fingerprint density at radius 3 is 2.21 bits per heavy atom. The van der Waals surface area contributed by atoms with Crippen molar-refractivity contribution in [3.63, 3.8) is 0 Å². The molecule has 1 heterocycles. The normalized spacial score (nSPS) is 17.8. The fourth-order valence-corrected chi connectivity index (χ4v) is 4.16. The second-order valence-electron chi connectivity index (χ2n) is 7.94. The van der Waals surface area contributed by atoms with Gasteiger partial charge in [0.25, 0.3) is 0 Å². The van der Waals surface area contributed by atoms with E-state index in [0.717, 1.165) is 41.9 Å². The third kappa shape index (κ3) is 4.01. The molecule has 2 aliphatic rings. The minimum absolute atomic E-state index is 0.183. The van der Waals surface area contributed by atoms with Crippen LogP contribution in [0.5, 0.6) is 11.5 Å². The molecule has 2 fully saturated rings. The van der Waals surface area contributed by atoms with Crippen molar-refractivity contribution in [3.05, 3.63) is 54.1 Å². The highest BCUT2D eigenvalue weighted by Gasteiger charge is 2.52. The molecule has 29 heavy (non-hydrogen) atoms. The van der Waals surface area contributed by atoms with E-state index in [9.17, 15) is 14.4 Å². The lowest BCUT2D eigenvalue weighted by atomic mass is 9.84. The van der Waals surface area contributed by atoms with Crippen LogP contribution in [-0.2, 0) is 14.4 Å². The summed E-state index contributed by atoms with van der Waals surface area (Å²) in [5, 5.41) is 2.75. The lowest BCUT2D eigenvalue weighted by Gasteiger charge is -2.20. The molecule has 1 aliphatic heterocycles. The zero-order valence-electron chi connectivity index (χ0n) is 16.4. The van der Waals surface area contributed by atoms with Crippen LogP contribution in [0.1, 0.15) is 37.7 Å². The number of aryl methyl sites for hydroxylation is 1. The molecular weight excluding hydrogens is 368 g/mol. The van der Waals surface area contributed by atoms with Gasteiger partial charge in [0, 0.05) is 12.1 Å². The number of carbonyl (C=O) groups excluding carboxylic acids is 3. The quantitative estimate of drug-likeness (QED) is 0.779. The van der Waals surface area contributed by atoms with E-state index in [1.54, 1.807) is 24.3 Å². The number of nitrogens with zero attached hydrogens (tertiary/aromatic N) is 1. The molecule has 0 unspecified atom stereocenters. The Kier molecular flexibility index (Phi) is 5.09. The molecule has 0 bridgehead atoms. The first kappa shape index (κ1) is 19.2. The number of hydrogen-bond donors (Lipinski definition) is 1. The number of anilines is 1. The van der Waals surface area contributed by atoms with Gasteiger partial charge in [0.1, 0.15) is 18.0 Å². The van der Waals surface area contributed by atoms with Gasteiger partial charge in [-0.2, -0.15) is 0 Å². The van der Waals surface area contributed by atoms with Gasteiger partial charge in [-0.05, 0) is 56.2 Å². The summed E-state index contributed by atoms with van der Waals surface area (Å²) in [6.45, 7) is 1.78. The van der Waals surface area contributed by atoms with Gasteiger partial charge in [0.15, 0.2) is 0 Å². The van der Waals surface area contributed by atoms with Crippen LogP contribution >= 0.6 is 0 Å². The highest BCUT2D eigenvalue weighted by molar-refractivity contribution is 6.09. The molecule has 1 saturated heterocycles. The van der Waals surface area contributed by atoms with E-state index in [1.807, 2.05) is 31.2 Å². The number of ether oxygens (including phenoxy) is 1. The largest absolute Gasteiger partial charge is 0.457 e. The number of imide groups is 1. The van der Waals surface area contributed by atoms with Gasteiger partial charge >= 0.3 is 0 Å². The van der Waals surface area contributed by atoms with E-state index < -0.39 is 5.41 Å². The van der Waals surface area contributed by atoms with Crippen LogP contribution in [0.2, 0.25) is 0 Å². The molecule has 2 aromatic carbocycles. The Hall–Kier alpha value is -3.15.